The van der Waals surface area contributed by atoms with Gasteiger partial charge in [0, 0.05) is 24.0 Å². The molecule has 188 valence electrons. The number of ether oxygens (including phenoxy) is 2. The van der Waals surface area contributed by atoms with Gasteiger partial charge in [0.05, 0.1) is 12.2 Å². The van der Waals surface area contributed by atoms with E-state index in [1.165, 1.54) is 48.5 Å². The summed E-state index contributed by atoms with van der Waals surface area (Å²) >= 11 is 0. The summed E-state index contributed by atoms with van der Waals surface area (Å²) in [5.41, 5.74) is -0.694. The van der Waals surface area contributed by atoms with Crippen molar-refractivity contribution < 1.29 is 27.8 Å². The summed E-state index contributed by atoms with van der Waals surface area (Å²) < 4.78 is 36.8. The van der Waals surface area contributed by atoms with Gasteiger partial charge in [-0.25, -0.2) is 8.78 Å². The minimum absolute atomic E-state index is 0.248. The van der Waals surface area contributed by atoms with E-state index in [-0.39, 0.29) is 24.5 Å². The number of carbonyl (C=O) groups excluding carboxylic acids is 2. The van der Waals surface area contributed by atoms with Crippen molar-refractivity contribution in [2.45, 2.75) is 52.7 Å². The molecule has 0 bridgehead atoms. The van der Waals surface area contributed by atoms with Gasteiger partial charge in [0.15, 0.2) is 5.41 Å². The van der Waals surface area contributed by atoms with Crippen LogP contribution in [0.4, 0.5) is 8.78 Å². The van der Waals surface area contributed by atoms with E-state index >= 15 is 0 Å². The van der Waals surface area contributed by atoms with Gasteiger partial charge in [-0.3, -0.25) is 9.59 Å². The molecule has 2 aromatic carbocycles. The largest absolute Gasteiger partial charge is 0.462 e. The minimum atomic E-state index is -1.82. The monoisotopic (exact) mass is 500 g/mol. The summed E-state index contributed by atoms with van der Waals surface area (Å²) in [7, 11) is 0. The van der Waals surface area contributed by atoms with Crippen LogP contribution >= 0.6 is 0 Å². The van der Waals surface area contributed by atoms with Gasteiger partial charge in [0.1, 0.15) is 11.6 Å². The fraction of sp³-hybridized carbons (Fsp3) is 0.290. The third-order valence-electron chi connectivity index (χ3n) is 4.65. The van der Waals surface area contributed by atoms with Gasteiger partial charge >= 0.3 is 11.9 Å². The minimum Gasteiger partial charge on any atom is -0.462 e. The Hall–Kier alpha value is -4.52. The molecule has 6 heteroatoms. The van der Waals surface area contributed by atoms with Crippen LogP contribution in [-0.2, 0) is 19.1 Å². The van der Waals surface area contributed by atoms with Crippen molar-refractivity contribution >= 4 is 11.9 Å². The standard InChI is InChI=1S/C31H26F2O4/c1-23(2)36-29(34)31(30(35)37-24(3)4,21-9-5-7-11-25-13-17-27(32)18-14-25)22-10-6-8-12-26-15-19-28(33)20-16-26/h13-20,23-24H,21-22H2,1-4H3. The number of esters is 2. The first-order valence-corrected chi connectivity index (χ1v) is 11.5. The van der Waals surface area contributed by atoms with Crippen molar-refractivity contribution in [2.24, 2.45) is 5.41 Å². The molecule has 0 aliphatic rings. The van der Waals surface area contributed by atoms with E-state index < -0.39 is 29.6 Å². The van der Waals surface area contributed by atoms with Crippen molar-refractivity contribution in [3.8, 4) is 47.4 Å². The predicted octanol–water partition coefficient (Wildman–Crippen LogP) is 5.04. The Morgan fingerprint density at radius 1 is 0.676 bits per heavy atom. The lowest BCUT2D eigenvalue weighted by Crippen LogP contribution is -2.43. The maximum Gasteiger partial charge on any atom is 0.325 e. The molecule has 2 rings (SSSR count). The van der Waals surface area contributed by atoms with Crippen LogP contribution in [-0.4, -0.2) is 24.1 Å². The number of benzene rings is 2. The van der Waals surface area contributed by atoms with Crippen LogP contribution in [0.5, 0.6) is 0 Å². The molecular weight excluding hydrogens is 474 g/mol. The Kier molecular flexibility index (Phi) is 11.0. The molecule has 0 radical (unpaired) electrons. The van der Waals surface area contributed by atoms with Crippen LogP contribution in [0.25, 0.3) is 0 Å². The fourth-order valence-electron chi connectivity index (χ4n) is 2.84. The average Bonchev–Trinajstić information content (AvgIpc) is 2.83. The van der Waals surface area contributed by atoms with Crippen molar-refractivity contribution in [1.29, 1.82) is 0 Å². The van der Waals surface area contributed by atoms with Gasteiger partial charge in [-0.1, -0.05) is 23.7 Å². The molecule has 37 heavy (non-hydrogen) atoms. The maximum absolute atomic E-state index is 13.1. The van der Waals surface area contributed by atoms with E-state index in [4.69, 9.17) is 9.47 Å². The summed E-state index contributed by atoms with van der Waals surface area (Å²) in [6, 6.07) is 11.2. The zero-order valence-electron chi connectivity index (χ0n) is 21.1. The molecule has 4 nitrogen and oxygen atoms in total. The molecule has 0 aliphatic heterocycles. The highest BCUT2D eigenvalue weighted by Crippen LogP contribution is 2.31. The first-order chi connectivity index (χ1) is 17.6. The molecule has 0 spiro atoms. The molecule has 0 fully saturated rings. The molecule has 0 saturated carbocycles. The molecule has 0 N–H and O–H groups in total. The average molecular weight is 501 g/mol. The number of hydrogen-bond donors (Lipinski definition) is 0. The number of halogens is 2. The van der Waals surface area contributed by atoms with E-state index in [2.05, 4.69) is 47.4 Å². The molecule has 0 atom stereocenters. The van der Waals surface area contributed by atoms with Gasteiger partial charge in [-0.05, 0) is 99.9 Å². The Labute approximate surface area is 216 Å². The van der Waals surface area contributed by atoms with E-state index in [1.807, 2.05) is 0 Å². The van der Waals surface area contributed by atoms with E-state index in [0.717, 1.165) is 0 Å². The first-order valence-electron chi connectivity index (χ1n) is 11.5. The van der Waals surface area contributed by atoms with E-state index in [1.54, 1.807) is 27.7 Å². The van der Waals surface area contributed by atoms with Crippen LogP contribution in [0, 0.1) is 64.4 Å². The third-order valence-corrected chi connectivity index (χ3v) is 4.65. The first kappa shape index (κ1) is 28.7. The van der Waals surface area contributed by atoms with Gasteiger partial charge in [0.2, 0.25) is 0 Å². The van der Waals surface area contributed by atoms with Crippen LogP contribution in [0.3, 0.4) is 0 Å². The van der Waals surface area contributed by atoms with Crippen molar-refractivity contribution in [1.82, 2.24) is 0 Å². The number of rotatable bonds is 6. The lowest BCUT2D eigenvalue weighted by Gasteiger charge is -2.27. The highest BCUT2D eigenvalue weighted by atomic mass is 19.1. The van der Waals surface area contributed by atoms with Crippen LogP contribution in [0.15, 0.2) is 48.5 Å². The van der Waals surface area contributed by atoms with Gasteiger partial charge in [-0.15, -0.1) is 0 Å². The topological polar surface area (TPSA) is 52.6 Å². The van der Waals surface area contributed by atoms with Crippen molar-refractivity contribution in [2.75, 3.05) is 0 Å². The SMILES string of the molecule is CC(C)OC(=O)C(CC#CC#Cc1ccc(F)cc1)(CC#CC#Cc1ccc(F)cc1)C(=O)OC(C)C. The highest BCUT2D eigenvalue weighted by Gasteiger charge is 2.49. The Balaban J connectivity index is 2.36. The molecule has 2 aromatic rings. The van der Waals surface area contributed by atoms with Crippen molar-refractivity contribution in [3.63, 3.8) is 0 Å². The second kappa shape index (κ2) is 14.1. The highest BCUT2D eigenvalue weighted by molar-refractivity contribution is 6.01. The molecule has 0 aromatic heterocycles. The predicted molar refractivity (Wildman–Crippen MR) is 136 cm³/mol. The van der Waals surface area contributed by atoms with Gasteiger partial charge < -0.3 is 9.47 Å². The van der Waals surface area contributed by atoms with Gasteiger partial charge in [-0.2, -0.15) is 0 Å². The van der Waals surface area contributed by atoms with Gasteiger partial charge in [0.25, 0.3) is 0 Å². The lowest BCUT2D eigenvalue weighted by molar-refractivity contribution is -0.176. The fourth-order valence-corrected chi connectivity index (χ4v) is 2.84. The van der Waals surface area contributed by atoms with Crippen molar-refractivity contribution in [3.05, 3.63) is 71.3 Å². The summed E-state index contributed by atoms with van der Waals surface area (Å²) in [5.74, 6) is 19.2. The second-order valence-electron chi connectivity index (χ2n) is 8.46. The third kappa shape index (κ3) is 9.57. The molecule has 0 unspecified atom stereocenters. The lowest BCUT2D eigenvalue weighted by atomic mass is 9.81. The summed E-state index contributed by atoms with van der Waals surface area (Å²) in [6.45, 7) is 6.65. The summed E-state index contributed by atoms with van der Waals surface area (Å²) in [6.07, 6.45) is -1.47. The number of carbonyl (C=O) groups is 2. The molecule has 0 amide bonds. The maximum atomic E-state index is 13.1. The molecule has 0 heterocycles. The molecule has 0 saturated heterocycles. The normalized spacial score (nSPS) is 9.95. The van der Waals surface area contributed by atoms with E-state index in [0.29, 0.717) is 11.1 Å². The van der Waals surface area contributed by atoms with E-state index in [9.17, 15) is 18.4 Å². The summed E-state index contributed by atoms with van der Waals surface area (Å²) in [4.78, 5) is 26.3. The quantitative estimate of drug-likeness (QED) is 0.317. The van der Waals surface area contributed by atoms with Crippen LogP contribution in [0.1, 0.15) is 51.7 Å². The Bertz CT molecular complexity index is 1230. The number of hydrogen-bond acceptors (Lipinski definition) is 4. The molecule has 0 aliphatic carbocycles. The van der Waals surface area contributed by atoms with Crippen LogP contribution < -0.4 is 0 Å². The zero-order valence-corrected chi connectivity index (χ0v) is 21.1. The van der Waals surface area contributed by atoms with Crippen LogP contribution in [0.2, 0.25) is 0 Å². The molecular formula is C31H26F2O4. The second-order valence-corrected chi connectivity index (χ2v) is 8.46. The Morgan fingerprint density at radius 3 is 1.35 bits per heavy atom. The Morgan fingerprint density at radius 2 is 1.03 bits per heavy atom. The smallest absolute Gasteiger partial charge is 0.325 e. The zero-order chi connectivity index (χ0) is 27.3. The summed E-state index contributed by atoms with van der Waals surface area (Å²) in [5, 5.41) is 0.